The summed E-state index contributed by atoms with van der Waals surface area (Å²) in [6.45, 7) is 2.97. The number of nitrogens with zero attached hydrogens (tertiary/aromatic N) is 1. The third kappa shape index (κ3) is 6.23. The second-order valence-corrected chi connectivity index (χ2v) is 5.03. The molecule has 0 spiro atoms. The first-order valence-corrected chi connectivity index (χ1v) is 7.23. The number of benzene rings is 1. The van der Waals surface area contributed by atoms with Gasteiger partial charge in [-0.1, -0.05) is 13.3 Å². The highest BCUT2D eigenvalue weighted by molar-refractivity contribution is 7.99. The predicted molar refractivity (Wildman–Crippen MR) is 73.5 cm³/mol. The summed E-state index contributed by atoms with van der Waals surface area (Å²) in [5.74, 6) is 3.27. The van der Waals surface area contributed by atoms with E-state index in [1.807, 2.05) is 23.9 Å². The van der Waals surface area contributed by atoms with E-state index in [9.17, 15) is 0 Å². The quantitative estimate of drug-likeness (QED) is 0.656. The van der Waals surface area contributed by atoms with E-state index < -0.39 is 0 Å². The van der Waals surface area contributed by atoms with Crippen LogP contribution in [-0.4, -0.2) is 18.1 Å². The fourth-order valence-corrected chi connectivity index (χ4v) is 2.34. The van der Waals surface area contributed by atoms with Gasteiger partial charge in [0.15, 0.2) is 0 Å². The number of hydrogen-bond acceptors (Lipinski definition) is 3. The summed E-state index contributed by atoms with van der Waals surface area (Å²) in [6.07, 6.45) is 3.66. The number of nitriles is 1. The Bertz CT molecular complexity index is 342. The van der Waals surface area contributed by atoms with Gasteiger partial charge in [-0.25, -0.2) is 0 Å². The average molecular weight is 249 g/mol. The van der Waals surface area contributed by atoms with Crippen molar-refractivity contribution in [2.75, 3.05) is 18.1 Å². The highest BCUT2D eigenvalue weighted by atomic mass is 32.2. The van der Waals surface area contributed by atoms with Crippen molar-refractivity contribution in [2.45, 2.75) is 26.2 Å². The van der Waals surface area contributed by atoms with Crippen LogP contribution in [0.25, 0.3) is 0 Å². The summed E-state index contributed by atoms with van der Waals surface area (Å²) in [7, 11) is 0. The molecule has 0 aromatic heterocycles. The molecule has 0 atom stereocenters. The Kier molecular flexibility index (Phi) is 7.33. The van der Waals surface area contributed by atoms with Crippen LogP contribution in [0.2, 0.25) is 0 Å². The summed E-state index contributed by atoms with van der Waals surface area (Å²) >= 11 is 2.00. The van der Waals surface area contributed by atoms with Crippen LogP contribution in [-0.2, 0) is 0 Å². The molecule has 0 saturated carbocycles. The van der Waals surface area contributed by atoms with Gasteiger partial charge in [-0.05, 0) is 48.6 Å². The second kappa shape index (κ2) is 8.95. The molecule has 0 unspecified atom stereocenters. The SMILES string of the molecule is CCCCSCCCOc1ccc(C#N)cc1. The molecule has 0 aliphatic heterocycles. The van der Waals surface area contributed by atoms with Crippen molar-refractivity contribution >= 4 is 11.8 Å². The molecule has 1 rings (SSSR count). The lowest BCUT2D eigenvalue weighted by Gasteiger charge is -2.05. The molecule has 3 heteroatoms. The lowest BCUT2D eigenvalue weighted by Crippen LogP contribution is -1.99. The standard InChI is InChI=1S/C14H19NOS/c1-2-3-10-17-11-4-9-16-14-7-5-13(12-15)6-8-14/h5-8H,2-4,9-11H2,1H3. The summed E-state index contributed by atoms with van der Waals surface area (Å²) in [6, 6.07) is 9.36. The molecular formula is C14H19NOS. The van der Waals surface area contributed by atoms with Crippen LogP contribution in [0.4, 0.5) is 0 Å². The van der Waals surface area contributed by atoms with Gasteiger partial charge in [0.1, 0.15) is 5.75 Å². The highest BCUT2D eigenvalue weighted by Gasteiger charge is 1.95. The molecule has 0 bridgehead atoms. The monoisotopic (exact) mass is 249 g/mol. The predicted octanol–water partition coefficient (Wildman–Crippen LogP) is 3.86. The third-order valence-electron chi connectivity index (χ3n) is 2.33. The Balaban J connectivity index is 2.08. The Morgan fingerprint density at radius 3 is 2.53 bits per heavy atom. The summed E-state index contributed by atoms with van der Waals surface area (Å²) in [5.41, 5.74) is 0.674. The van der Waals surface area contributed by atoms with Crippen LogP contribution in [0.5, 0.6) is 5.75 Å². The Labute approximate surface area is 108 Å². The molecule has 0 fully saturated rings. The summed E-state index contributed by atoms with van der Waals surface area (Å²) < 4.78 is 5.59. The van der Waals surface area contributed by atoms with Gasteiger partial charge >= 0.3 is 0 Å². The first-order valence-electron chi connectivity index (χ1n) is 6.07. The van der Waals surface area contributed by atoms with Crippen molar-refractivity contribution in [1.82, 2.24) is 0 Å². The maximum absolute atomic E-state index is 8.65. The molecule has 0 radical (unpaired) electrons. The van der Waals surface area contributed by atoms with Crippen LogP contribution in [0.3, 0.4) is 0 Å². The van der Waals surface area contributed by atoms with Gasteiger partial charge in [0.2, 0.25) is 0 Å². The molecule has 0 aliphatic rings. The number of rotatable bonds is 8. The first kappa shape index (κ1) is 13.9. The molecule has 1 aromatic rings. The lowest BCUT2D eigenvalue weighted by molar-refractivity contribution is 0.318. The van der Waals surface area contributed by atoms with E-state index in [2.05, 4.69) is 13.0 Å². The van der Waals surface area contributed by atoms with E-state index in [0.29, 0.717) is 5.56 Å². The van der Waals surface area contributed by atoms with E-state index in [4.69, 9.17) is 10.00 Å². The zero-order chi connectivity index (χ0) is 12.3. The van der Waals surface area contributed by atoms with Gasteiger partial charge < -0.3 is 4.74 Å². The zero-order valence-corrected chi connectivity index (χ0v) is 11.1. The van der Waals surface area contributed by atoms with E-state index >= 15 is 0 Å². The fraction of sp³-hybridized carbons (Fsp3) is 0.500. The van der Waals surface area contributed by atoms with Crippen LogP contribution < -0.4 is 4.74 Å². The molecule has 17 heavy (non-hydrogen) atoms. The van der Waals surface area contributed by atoms with Crippen molar-refractivity contribution in [3.63, 3.8) is 0 Å². The molecular weight excluding hydrogens is 230 g/mol. The first-order chi connectivity index (χ1) is 8.36. The summed E-state index contributed by atoms with van der Waals surface area (Å²) in [4.78, 5) is 0. The maximum Gasteiger partial charge on any atom is 0.119 e. The van der Waals surface area contributed by atoms with Crippen molar-refractivity contribution in [2.24, 2.45) is 0 Å². The van der Waals surface area contributed by atoms with E-state index in [0.717, 1.165) is 24.5 Å². The lowest BCUT2D eigenvalue weighted by atomic mass is 10.2. The van der Waals surface area contributed by atoms with Gasteiger partial charge in [0.05, 0.1) is 18.2 Å². The normalized spacial score (nSPS) is 9.88. The Hall–Kier alpha value is -1.14. The Morgan fingerprint density at radius 2 is 1.88 bits per heavy atom. The van der Waals surface area contributed by atoms with Gasteiger partial charge in [0.25, 0.3) is 0 Å². The molecule has 92 valence electrons. The molecule has 0 amide bonds. The van der Waals surface area contributed by atoms with Crippen molar-refractivity contribution < 1.29 is 4.74 Å². The molecule has 0 aliphatic carbocycles. The van der Waals surface area contributed by atoms with Gasteiger partial charge in [-0.15, -0.1) is 0 Å². The minimum absolute atomic E-state index is 0.674. The highest BCUT2D eigenvalue weighted by Crippen LogP contribution is 2.12. The molecule has 1 aromatic carbocycles. The zero-order valence-electron chi connectivity index (χ0n) is 10.3. The van der Waals surface area contributed by atoms with Crippen molar-refractivity contribution in [3.05, 3.63) is 29.8 Å². The molecule has 0 N–H and O–H groups in total. The Morgan fingerprint density at radius 1 is 1.18 bits per heavy atom. The number of thioether (sulfide) groups is 1. The minimum Gasteiger partial charge on any atom is -0.494 e. The number of hydrogen-bond donors (Lipinski definition) is 0. The third-order valence-corrected chi connectivity index (χ3v) is 3.48. The van der Waals surface area contributed by atoms with E-state index in [-0.39, 0.29) is 0 Å². The molecule has 0 saturated heterocycles. The van der Waals surface area contributed by atoms with Crippen molar-refractivity contribution in [1.29, 1.82) is 5.26 Å². The van der Waals surface area contributed by atoms with E-state index in [1.54, 1.807) is 12.1 Å². The topological polar surface area (TPSA) is 33.0 Å². The average Bonchev–Trinajstić information content (AvgIpc) is 2.38. The summed E-state index contributed by atoms with van der Waals surface area (Å²) in [5, 5.41) is 8.65. The van der Waals surface area contributed by atoms with Crippen molar-refractivity contribution in [3.8, 4) is 11.8 Å². The fourth-order valence-electron chi connectivity index (χ4n) is 1.33. The molecule has 2 nitrogen and oxygen atoms in total. The maximum atomic E-state index is 8.65. The van der Waals surface area contributed by atoms with Gasteiger partial charge in [-0.2, -0.15) is 17.0 Å². The van der Waals surface area contributed by atoms with Crippen LogP contribution in [0, 0.1) is 11.3 Å². The number of unbranched alkanes of at least 4 members (excludes halogenated alkanes) is 1. The number of ether oxygens (including phenoxy) is 1. The van der Waals surface area contributed by atoms with Crippen LogP contribution in [0.1, 0.15) is 31.7 Å². The van der Waals surface area contributed by atoms with E-state index in [1.165, 1.54) is 18.6 Å². The largest absolute Gasteiger partial charge is 0.494 e. The van der Waals surface area contributed by atoms with Gasteiger partial charge in [0, 0.05) is 0 Å². The smallest absolute Gasteiger partial charge is 0.119 e. The second-order valence-electron chi connectivity index (χ2n) is 3.80. The van der Waals surface area contributed by atoms with Gasteiger partial charge in [-0.3, -0.25) is 0 Å². The molecule has 0 heterocycles. The van der Waals surface area contributed by atoms with Crippen LogP contribution in [0.15, 0.2) is 24.3 Å². The van der Waals surface area contributed by atoms with Crippen LogP contribution >= 0.6 is 11.8 Å². The minimum atomic E-state index is 0.674.